The molecule has 2 aromatic heterocycles. The van der Waals surface area contributed by atoms with Gasteiger partial charge >= 0.3 is 0 Å². The zero-order valence-electron chi connectivity index (χ0n) is 14.8. The Labute approximate surface area is 164 Å². The quantitative estimate of drug-likeness (QED) is 0.670. The van der Waals surface area contributed by atoms with Gasteiger partial charge < -0.3 is 4.90 Å². The number of nitrogens with zero attached hydrogens (tertiary/aromatic N) is 5. The van der Waals surface area contributed by atoms with Crippen LogP contribution in [0.1, 0.15) is 20.4 Å². The Bertz CT molecular complexity index is 931. The molecule has 1 aliphatic rings. The van der Waals surface area contributed by atoms with E-state index in [1.165, 1.54) is 12.1 Å². The summed E-state index contributed by atoms with van der Waals surface area (Å²) in [6.07, 6.45) is 0. The molecule has 0 N–H and O–H groups in total. The second kappa shape index (κ2) is 7.79. The van der Waals surface area contributed by atoms with Crippen LogP contribution in [0.3, 0.4) is 0 Å². The number of piperazine rings is 1. The van der Waals surface area contributed by atoms with Crippen LogP contribution in [0, 0.1) is 12.7 Å². The van der Waals surface area contributed by atoms with E-state index in [0.717, 1.165) is 47.4 Å². The standard InChI is InChI=1S/C18H18FN5OS2/c1-12-17(27-22-21-12)18(25)24-8-6-23(7-9-24)10-16-20-15(11-26-16)13-2-4-14(19)5-3-13/h2-5,11H,6-10H2,1H3. The lowest BCUT2D eigenvalue weighted by atomic mass is 10.2. The summed E-state index contributed by atoms with van der Waals surface area (Å²) in [7, 11) is 0. The van der Waals surface area contributed by atoms with Gasteiger partial charge in [-0.2, -0.15) is 0 Å². The van der Waals surface area contributed by atoms with Gasteiger partial charge in [0.05, 0.1) is 17.9 Å². The first-order valence-corrected chi connectivity index (χ1v) is 10.3. The summed E-state index contributed by atoms with van der Waals surface area (Å²) in [5.74, 6) is -0.221. The minimum absolute atomic E-state index is 0.0231. The van der Waals surface area contributed by atoms with E-state index in [0.29, 0.717) is 23.7 Å². The molecule has 1 aromatic carbocycles. The van der Waals surface area contributed by atoms with Crippen molar-refractivity contribution in [1.29, 1.82) is 0 Å². The van der Waals surface area contributed by atoms with Gasteiger partial charge in [-0.05, 0) is 42.7 Å². The first kappa shape index (κ1) is 18.1. The van der Waals surface area contributed by atoms with E-state index in [-0.39, 0.29) is 11.7 Å². The van der Waals surface area contributed by atoms with Crippen molar-refractivity contribution in [2.45, 2.75) is 13.5 Å². The summed E-state index contributed by atoms with van der Waals surface area (Å²) in [6, 6.07) is 6.39. The molecule has 1 amide bonds. The fourth-order valence-electron chi connectivity index (χ4n) is 3.01. The maximum Gasteiger partial charge on any atom is 0.267 e. The fourth-order valence-corrected chi connectivity index (χ4v) is 4.48. The van der Waals surface area contributed by atoms with Crippen molar-refractivity contribution in [3.8, 4) is 11.3 Å². The van der Waals surface area contributed by atoms with Gasteiger partial charge in [0, 0.05) is 37.1 Å². The highest BCUT2D eigenvalue weighted by atomic mass is 32.1. The van der Waals surface area contributed by atoms with Crippen LogP contribution in [-0.2, 0) is 6.54 Å². The van der Waals surface area contributed by atoms with Crippen LogP contribution < -0.4 is 0 Å². The highest BCUT2D eigenvalue weighted by molar-refractivity contribution is 7.10. The second-order valence-corrected chi connectivity index (χ2v) is 8.09. The largest absolute Gasteiger partial charge is 0.335 e. The fraction of sp³-hybridized carbons (Fsp3) is 0.333. The number of aryl methyl sites for hydroxylation is 1. The van der Waals surface area contributed by atoms with Gasteiger partial charge in [-0.15, -0.1) is 16.4 Å². The summed E-state index contributed by atoms with van der Waals surface area (Å²) in [6.45, 7) is 5.56. The van der Waals surface area contributed by atoms with Gasteiger partial charge in [0.15, 0.2) is 0 Å². The van der Waals surface area contributed by atoms with E-state index < -0.39 is 0 Å². The summed E-state index contributed by atoms with van der Waals surface area (Å²) < 4.78 is 16.9. The van der Waals surface area contributed by atoms with Crippen LogP contribution in [0.5, 0.6) is 0 Å². The van der Waals surface area contributed by atoms with E-state index in [1.807, 2.05) is 17.2 Å². The Balaban J connectivity index is 1.34. The lowest BCUT2D eigenvalue weighted by molar-refractivity contribution is 0.0632. The molecule has 0 aliphatic carbocycles. The topological polar surface area (TPSA) is 62.2 Å². The molecule has 9 heteroatoms. The number of carbonyl (C=O) groups is 1. The van der Waals surface area contributed by atoms with Crippen LogP contribution in [0.2, 0.25) is 0 Å². The molecule has 1 saturated heterocycles. The number of benzene rings is 1. The number of amides is 1. The normalized spacial score (nSPS) is 15.3. The van der Waals surface area contributed by atoms with Crippen LogP contribution >= 0.6 is 22.9 Å². The maximum absolute atomic E-state index is 13.1. The number of halogens is 1. The molecule has 0 atom stereocenters. The predicted octanol–water partition coefficient (Wildman–Crippen LogP) is 3.07. The van der Waals surface area contributed by atoms with Gasteiger partial charge in [0.25, 0.3) is 5.91 Å². The van der Waals surface area contributed by atoms with Crippen molar-refractivity contribution in [2.24, 2.45) is 0 Å². The minimum atomic E-state index is -0.245. The van der Waals surface area contributed by atoms with Crippen molar-refractivity contribution in [1.82, 2.24) is 24.4 Å². The first-order chi connectivity index (χ1) is 13.1. The zero-order chi connectivity index (χ0) is 18.8. The lowest BCUT2D eigenvalue weighted by Gasteiger charge is -2.34. The van der Waals surface area contributed by atoms with Crippen molar-refractivity contribution < 1.29 is 9.18 Å². The van der Waals surface area contributed by atoms with Gasteiger partial charge in [-0.1, -0.05) is 4.49 Å². The number of hydrogen-bond donors (Lipinski definition) is 0. The van der Waals surface area contributed by atoms with Gasteiger partial charge in [-0.3, -0.25) is 9.69 Å². The average Bonchev–Trinajstić information content (AvgIpc) is 3.31. The van der Waals surface area contributed by atoms with E-state index in [1.54, 1.807) is 23.5 Å². The van der Waals surface area contributed by atoms with E-state index >= 15 is 0 Å². The zero-order valence-corrected chi connectivity index (χ0v) is 16.4. The summed E-state index contributed by atoms with van der Waals surface area (Å²) in [5.41, 5.74) is 2.49. The number of hydrogen-bond acceptors (Lipinski definition) is 7. The molecule has 4 rings (SSSR count). The smallest absolute Gasteiger partial charge is 0.267 e. The molecule has 6 nitrogen and oxygen atoms in total. The SMILES string of the molecule is Cc1nnsc1C(=O)N1CCN(Cc2nc(-c3ccc(F)cc3)cs2)CC1. The molecule has 1 fully saturated rings. The number of carbonyl (C=O) groups excluding carboxylic acids is 1. The Kier molecular flexibility index (Phi) is 5.24. The molecule has 0 unspecified atom stereocenters. The van der Waals surface area contributed by atoms with Crippen LogP contribution in [0.4, 0.5) is 4.39 Å². The molecular weight excluding hydrogens is 385 g/mol. The first-order valence-electron chi connectivity index (χ1n) is 8.61. The highest BCUT2D eigenvalue weighted by Crippen LogP contribution is 2.23. The lowest BCUT2D eigenvalue weighted by Crippen LogP contribution is -2.48. The molecule has 0 radical (unpaired) electrons. The van der Waals surface area contributed by atoms with E-state index in [4.69, 9.17) is 0 Å². The van der Waals surface area contributed by atoms with E-state index in [2.05, 4.69) is 19.5 Å². The van der Waals surface area contributed by atoms with Crippen molar-refractivity contribution in [3.63, 3.8) is 0 Å². The third-order valence-electron chi connectivity index (χ3n) is 4.56. The molecule has 3 heterocycles. The van der Waals surface area contributed by atoms with Crippen LogP contribution in [-0.4, -0.2) is 56.5 Å². The molecular formula is C18H18FN5OS2. The molecule has 27 heavy (non-hydrogen) atoms. The molecule has 0 bridgehead atoms. The monoisotopic (exact) mass is 403 g/mol. The van der Waals surface area contributed by atoms with Gasteiger partial charge in [-0.25, -0.2) is 9.37 Å². The number of aromatic nitrogens is 3. The third kappa shape index (κ3) is 4.05. The summed E-state index contributed by atoms with van der Waals surface area (Å²) in [4.78, 5) is 22.0. The minimum Gasteiger partial charge on any atom is -0.335 e. The maximum atomic E-state index is 13.1. The molecule has 140 valence electrons. The van der Waals surface area contributed by atoms with Crippen molar-refractivity contribution >= 4 is 28.8 Å². The predicted molar refractivity (Wildman–Crippen MR) is 103 cm³/mol. The number of rotatable bonds is 4. The molecule has 0 saturated carbocycles. The summed E-state index contributed by atoms with van der Waals surface area (Å²) in [5, 5.41) is 6.94. The van der Waals surface area contributed by atoms with Gasteiger partial charge in [0.1, 0.15) is 15.7 Å². The van der Waals surface area contributed by atoms with Crippen molar-refractivity contribution in [3.05, 3.63) is 51.0 Å². The third-order valence-corrected chi connectivity index (χ3v) is 6.21. The Morgan fingerprint density at radius 3 is 2.59 bits per heavy atom. The number of thiazole rings is 1. The molecule has 3 aromatic rings. The Morgan fingerprint density at radius 2 is 1.93 bits per heavy atom. The van der Waals surface area contributed by atoms with E-state index in [9.17, 15) is 9.18 Å². The summed E-state index contributed by atoms with van der Waals surface area (Å²) >= 11 is 2.77. The molecule has 0 spiro atoms. The molecule has 1 aliphatic heterocycles. The average molecular weight is 404 g/mol. The van der Waals surface area contributed by atoms with Crippen LogP contribution in [0.25, 0.3) is 11.3 Å². The highest BCUT2D eigenvalue weighted by Gasteiger charge is 2.25. The Hall–Kier alpha value is -2.23. The second-order valence-electron chi connectivity index (χ2n) is 6.39. The van der Waals surface area contributed by atoms with Gasteiger partial charge in [0.2, 0.25) is 0 Å². The Morgan fingerprint density at radius 1 is 1.19 bits per heavy atom. The van der Waals surface area contributed by atoms with Crippen LogP contribution in [0.15, 0.2) is 29.6 Å². The van der Waals surface area contributed by atoms with Crippen molar-refractivity contribution in [2.75, 3.05) is 26.2 Å².